The Morgan fingerprint density at radius 1 is 0.694 bits per heavy atom. The molecule has 0 amide bonds. The minimum absolute atomic E-state index is 0.0157. The first-order valence-corrected chi connectivity index (χ1v) is 15.2. The van der Waals surface area contributed by atoms with Crippen molar-refractivity contribution < 1.29 is 63.5 Å². The summed E-state index contributed by atoms with van der Waals surface area (Å²) in [5, 5.41) is 77.0. The normalized spacial score (nSPS) is 45.2. The van der Waals surface area contributed by atoms with E-state index in [2.05, 4.69) is 40.1 Å². The van der Waals surface area contributed by atoms with E-state index in [-0.39, 0.29) is 19.4 Å². The Hall–Kier alpha value is -3.31. The number of rotatable bonds is 13. The van der Waals surface area contributed by atoms with Gasteiger partial charge in [-0.15, -0.1) is 0 Å². The van der Waals surface area contributed by atoms with Gasteiger partial charge in [-0.05, 0) is 34.5 Å². The fraction of sp³-hybridized carbons (Fsp3) is 1.00. The summed E-state index contributed by atoms with van der Waals surface area (Å²) in [6.45, 7) is 0.0299. The third-order valence-electron chi connectivity index (χ3n) is 8.78. The first kappa shape index (κ1) is 38.5. The highest BCUT2D eigenvalue weighted by Crippen LogP contribution is 2.38. The fourth-order valence-corrected chi connectivity index (χ4v) is 6.28. The largest absolute Gasteiger partial charge is 0.394 e. The number of hydrogen-bond acceptors (Lipinski definition) is 16. The van der Waals surface area contributed by atoms with Crippen LogP contribution in [0.5, 0.6) is 0 Å². The van der Waals surface area contributed by atoms with Gasteiger partial charge in [-0.2, -0.15) is 0 Å². The van der Waals surface area contributed by atoms with E-state index in [9.17, 15) is 30.6 Å². The van der Waals surface area contributed by atoms with Crippen LogP contribution in [0.25, 0.3) is 41.8 Å². The molecule has 1 saturated carbocycles. The molecule has 0 aromatic heterocycles. The second kappa shape index (κ2) is 17.6. The van der Waals surface area contributed by atoms with Crippen molar-refractivity contribution in [3.8, 4) is 0 Å². The molecule has 4 fully saturated rings. The minimum atomic E-state index is -2.23. The van der Waals surface area contributed by atoms with Crippen LogP contribution in [0.4, 0.5) is 4.39 Å². The van der Waals surface area contributed by atoms with Gasteiger partial charge >= 0.3 is 0 Å². The Morgan fingerprint density at radius 3 is 1.92 bits per heavy atom. The predicted molar refractivity (Wildman–Crippen MR) is 155 cm³/mol. The quantitative estimate of drug-likeness (QED) is 0.0829. The number of halogens is 1. The van der Waals surface area contributed by atoms with E-state index in [1.54, 1.807) is 6.92 Å². The van der Waals surface area contributed by atoms with Gasteiger partial charge < -0.3 is 59.1 Å². The first-order chi connectivity index (χ1) is 23.5. The van der Waals surface area contributed by atoms with Crippen LogP contribution in [0.1, 0.15) is 19.8 Å². The molecule has 3 aliphatic heterocycles. The molecule has 0 aromatic carbocycles. The van der Waals surface area contributed by atoms with Crippen LogP contribution < -0.4 is 0 Å². The Labute approximate surface area is 275 Å². The van der Waals surface area contributed by atoms with Crippen LogP contribution in [0, 0.1) is 5.92 Å². The highest BCUT2D eigenvalue weighted by Gasteiger charge is 2.54. The van der Waals surface area contributed by atoms with Crippen molar-refractivity contribution in [2.24, 2.45) is 26.4 Å². The van der Waals surface area contributed by atoms with E-state index in [0.29, 0.717) is 0 Å². The van der Waals surface area contributed by atoms with Gasteiger partial charge in [0.25, 0.3) is 0 Å². The van der Waals surface area contributed by atoms with Crippen LogP contribution in [0.2, 0.25) is 0 Å². The zero-order valence-electron chi connectivity index (χ0n) is 25.8. The van der Waals surface area contributed by atoms with Crippen LogP contribution in [-0.2, 0) is 28.4 Å². The second-order valence-electron chi connectivity index (χ2n) is 11.9. The third-order valence-corrected chi connectivity index (χ3v) is 8.78. The summed E-state index contributed by atoms with van der Waals surface area (Å²) in [7, 11) is 0. The standard InChI is InChI=1S/C24H37FN12O12/c1-7-2-8(32-36-28)16(40)22(20(7)48-23-15(33-37-29)14(25)18(42)11(45-23)5-31-35-27)49-24-19(43)21(12(6-38)46-24)47-13-3-9(39)17(41)10(44-13)4-30-34-26/h7-24,38-43H,2-6H2,1H3/t7-,8?,9+,10-,11+,12+,13+,14-,15?,16-,17-,18+,19+,20+,21+,22+,23+,24-/m0/s1. The summed E-state index contributed by atoms with van der Waals surface area (Å²) < 4.78 is 50.1. The zero-order valence-corrected chi connectivity index (χ0v) is 25.8. The molecule has 49 heavy (non-hydrogen) atoms. The summed E-state index contributed by atoms with van der Waals surface area (Å²) in [5.41, 5.74) is 35.5. The molecular formula is C24H37FN12O12. The molecule has 25 heteroatoms. The zero-order chi connectivity index (χ0) is 35.8. The van der Waals surface area contributed by atoms with Gasteiger partial charge in [0.05, 0.1) is 56.3 Å². The summed E-state index contributed by atoms with van der Waals surface area (Å²) in [4.78, 5) is 10.5. The molecule has 18 atom stereocenters. The molecule has 3 heterocycles. The van der Waals surface area contributed by atoms with Crippen LogP contribution in [-0.4, -0.2) is 155 Å². The molecule has 4 aliphatic rings. The van der Waals surface area contributed by atoms with E-state index in [1.807, 2.05) is 0 Å². The molecule has 6 N–H and O–H groups in total. The SMILES string of the molecule is C[C@H]1CC(N=[N+]=[N-])[C@H](O)[C@@H](O[C@@H]2O[C@H](CO)[C@@H](O[C@@H]3C[C@@H](O)[C@H](O)[C@H](CN=[N+]=[N-])O3)[C@H]2O)[C@@H]1O[C@H]1O[C@H](CN=[N+]=[N-])[C@@H](O)[C@@H](F)C1N=[N+]=[N-]. The number of aliphatic hydroxyl groups is 6. The molecule has 4 rings (SSSR count). The topological polar surface area (TPSA) is 372 Å². The molecule has 0 bridgehead atoms. The number of nitrogens with zero attached hydrogens (tertiary/aromatic N) is 12. The third kappa shape index (κ3) is 8.71. The Morgan fingerprint density at radius 2 is 1.31 bits per heavy atom. The molecule has 2 unspecified atom stereocenters. The monoisotopic (exact) mass is 704 g/mol. The van der Waals surface area contributed by atoms with Gasteiger partial charge in [-0.3, -0.25) is 0 Å². The maximum atomic E-state index is 15.3. The summed E-state index contributed by atoms with van der Waals surface area (Å²) >= 11 is 0. The molecule has 3 saturated heterocycles. The van der Waals surface area contributed by atoms with Crippen molar-refractivity contribution in [3.05, 3.63) is 41.8 Å². The van der Waals surface area contributed by atoms with Crippen molar-refractivity contribution in [1.82, 2.24) is 0 Å². The average molecular weight is 705 g/mol. The minimum Gasteiger partial charge on any atom is -0.394 e. The van der Waals surface area contributed by atoms with Crippen LogP contribution >= 0.6 is 0 Å². The van der Waals surface area contributed by atoms with E-state index in [1.165, 1.54) is 0 Å². The van der Waals surface area contributed by atoms with Gasteiger partial charge in [0.2, 0.25) is 0 Å². The smallest absolute Gasteiger partial charge is 0.187 e. The Kier molecular flexibility index (Phi) is 13.8. The Balaban J connectivity index is 1.57. The number of alkyl halides is 1. The average Bonchev–Trinajstić information content (AvgIpc) is 3.37. The highest BCUT2D eigenvalue weighted by atomic mass is 19.1. The van der Waals surface area contributed by atoms with Gasteiger partial charge in [-0.1, -0.05) is 27.4 Å². The molecule has 0 radical (unpaired) electrons. The van der Waals surface area contributed by atoms with Gasteiger partial charge in [0.1, 0.15) is 48.8 Å². The maximum Gasteiger partial charge on any atom is 0.187 e. The van der Waals surface area contributed by atoms with E-state index in [4.69, 9.17) is 50.5 Å². The van der Waals surface area contributed by atoms with Crippen molar-refractivity contribution in [2.75, 3.05) is 19.7 Å². The van der Waals surface area contributed by atoms with E-state index >= 15 is 4.39 Å². The van der Waals surface area contributed by atoms with Gasteiger partial charge in [0.15, 0.2) is 18.9 Å². The lowest BCUT2D eigenvalue weighted by molar-refractivity contribution is -0.307. The lowest BCUT2D eigenvalue weighted by Crippen LogP contribution is -2.61. The molecule has 0 spiro atoms. The van der Waals surface area contributed by atoms with Crippen molar-refractivity contribution in [3.63, 3.8) is 0 Å². The Bertz CT molecular complexity index is 1320. The van der Waals surface area contributed by atoms with Crippen molar-refractivity contribution in [1.29, 1.82) is 0 Å². The second-order valence-corrected chi connectivity index (χ2v) is 11.9. The first-order valence-electron chi connectivity index (χ1n) is 15.2. The molecule has 272 valence electrons. The van der Waals surface area contributed by atoms with Gasteiger partial charge in [0, 0.05) is 26.1 Å². The molecular weight excluding hydrogens is 667 g/mol. The summed E-state index contributed by atoms with van der Waals surface area (Å²) in [5.74, 6) is -0.657. The number of aliphatic hydroxyl groups excluding tert-OH is 6. The lowest BCUT2D eigenvalue weighted by atomic mass is 9.80. The summed E-state index contributed by atoms with van der Waals surface area (Å²) in [6.07, 6.45) is -23.1. The number of ether oxygens (including phenoxy) is 6. The lowest BCUT2D eigenvalue weighted by Gasteiger charge is -2.47. The highest BCUT2D eigenvalue weighted by molar-refractivity contribution is 5.01. The molecule has 1 aliphatic carbocycles. The number of hydrogen-bond donors (Lipinski definition) is 6. The van der Waals surface area contributed by atoms with E-state index < -0.39 is 123 Å². The van der Waals surface area contributed by atoms with Crippen LogP contribution in [0.15, 0.2) is 20.5 Å². The maximum absolute atomic E-state index is 15.3. The van der Waals surface area contributed by atoms with Crippen LogP contribution in [0.3, 0.4) is 0 Å². The molecule has 24 nitrogen and oxygen atoms in total. The van der Waals surface area contributed by atoms with Crippen molar-refractivity contribution >= 4 is 0 Å². The van der Waals surface area contributed by atoms with Crippen molar-refractivity contribution in [2.45, 2.75) is 124 Å². The predicted octanol–water partition coefficient (Wildman–Crippen LogP) is -0.140. The fourth-order valence-electron chi connectivity index (χ4n) is 6.28. The van der Waals surface area contributed by atoms with E-state index in [0.717, 1.165) is 0 Å². The summed E-state index contributed by atoms with van der Waals surface area (Å²) in [6, 6.07) is -2.84. The number of azide groups is 4. The van der Waals surface area contributed by atoms with Gasteiger partial charge in [-0.25, -0.2) is 4.39 Å². The molecule has 0 aromatic rings.